The normalized spacial score (nSPS) is 10.8. The van der Waals surface area contributed by atoms with Crippen LogP contribution in [0.15, 0.2) is 84.9 Å². The zero-order valence-corrected chi connectivity index (χ0v) is 18.1. The van der Waals surface area contributed by atoms with Gasteiger partial charge in [0.05, 0.1) is 0 Å². The summed E-state index contributed by atoms with van der Waals surface area (Å²) >= 11 is 0. The topological polar surface area (TPSA) is 121 Å². The van der Waals surface area contributed by atoms with Crippen molar-refractivity contribution in [3.05, 3.63) is 107 Å². The molecule has 0 bridgehead atoms. The highest BCUT2D eigenvalue weighted by atomic mass is 16.3. The Balaban J connectivity index is 0.000000191. The monoisotopic (exact) mass is 456 g/mol. The predicted octanol–water partition coefficient (Wildman–Crippen LogP) is 5.95. The van der Waals surface area contributed by atoms with Crippen molar-refractivity contribution < 1.29 is 30.6 Å². The number of hydrogen-bond acceptors (Lipinski definition) is 6. The zero-order valence-electron chi connectivity index (χ0n) is 18.1. The van der Waals surface area contributed by atoms with Gasteiger partial charge in [0.25, 0.3) is 0 Å². The lowest BCUT2D eigenvalue weighted by Gasteiger charge is -1.98. The minimum atomic E-state index is 0.0235. The van der Waals surface area contributed by atoms with Crippen LogP contribution in [-0.4, -0.2) is 30.6 Å². The molecule has 6 heteroatoms. The Kier molecular flexibility index (Phi) is 7.81. The maximum Gasteiger partial charge on any atom is 0.119 e. The van der Waals surface area contributed by atoms with Gasteiger partial charge in [-0.2, -0.15) is 0 Å². The molecule has 0 fully saturated rings. The predicted molar refractivity (Wildman–Crippen MR) is 134 cm³/mol. The van der Waals surface area contributed by atoms with Crippen LogP contribution in [0.2, 0.25) is 0 Å². The minimum Gasteiger partial charge on any atom is -0.508 e. The first kappa shape index (κ1) is 23.8. The second kappa shape index (κ2) is 11.2. The zero-order chi connectivity index (χ0) is 24.5. The smallest absolute Gasteiger partial charge is 0.119 e. The molecule has 0 aliphatic carbocycles. The molecular formula is C28H24O6. The Morgan fingerprint density at radius 1 is 0.294 bits per heavy atom. The number of phenolic OH excluding ortho intramolecular Hbond substituents is 6. The van der Waals surface area contributed by atoms with Gasteiger partial charge < -0.3 is 30.6 Å². The van der Waals surface area contributed by atoms with Crippen molar-refractivity contribution in [1.29, 1.82) is 0 Å². The summed E-state index contributed by atoms with van der Waals surface area (Å²) in [6.45, 7) is 0. The molecule has 6 nitrogen and oxygen atoms in total. The Bertz CT molecular complexity index is 1150. The number of hydrogen-bond donors (Lipinski definition) is 6. The van der Waals surface area contributed by atoms with Crippen LogP contribution < -0.4 is 0 Å². The molecule has 0 atom stereocenters. The molecule has 0 aliphatic rings. The Morgan fingerprint density at radius 3 is 0.853 bits per heavy atom. The molecule has 4 aromatic carbocycles. The van der Waals surface area contributed by atoms with Gasteiger partial charge in [-0.05, 0) is 70.8 Å². The van der Waals surface area contributed by atoms with Gasteiger partial charge in [0, 0.05) is 12.1 Å². The number of phenols is 6. The van der Waals surface area contributed by atoms with E-state index in [0.717, 1.165) is 11.1 Å². The van der Waals surface area contributed by atoms with Crippen molar-refractivity contribution in [2.75, 3.05) is 0 Å². The van der Waals surface area contributed by atoms with Crippen LogP contribution in [0.1, 0.15) is 22.3 Å². The summed E-state index contributed by atoms with van der Waals surface area (Å²) in [6.07, 6.45) is 7.19. The van der Waals surface area contributed by atoms with Gasteiger partial charge in [-0.25, -0.2) is 0 Å². The highest BCUT2D eigenvalue weighted by Crippen LogP contribution is 2.23. The van der Waals surface area contributed by atoms with Crippen molar-refractivity contribution in [1.82, 2.24) is 0 Å². The molecule has 0 saturated carbocycles. The molecule has 0 heterocycles. The summed E-state index contributed by atoms with van der Waals surface area (Å²) in [5, 5.41) is 55.5. The van der Waals surface area contributed by atoms with Crippen molar-refractivity contribution in [3.8, 4) is 34.5 Å². The summed E-state index contributed by atoms with van der Waals surface area (Å²) in [5.74, 6) is 0.533. The third kappa shape index (κ3) is 7.69. The fourth-order valence-corrected chi connectivity index (χ4v) is 2.98. The summed E-state index contributed by atoms with van der Waals surface area (Å²) in [6, 6.07) is 22.2. The lowest BCUT2D eigenvalue weighted by atomic mass is 10.1. The van der Waals surface area contributed by atoms with E-state index in [9.17, 15) is 20.4 Å². The number of benzene rings is 4. The molecule has 0 radical (unpaired) electrons. The van der Waals surface area contributed by atoms with E-state index in [4.69, 9.17) is 10.2 Å². The second-order valence-electron chi connectivity index (χ2n) is 7.42. The standard InChI is InChI=1S/2C14H12O3/c2*15-12-5-3-10(4-6-12)1-2-11-7-13(16)9-14(17)8-11/h2*1-9,15-17H/b2*2-1+. The average molecular weight is 456 g/mol. The van der Waals surface area contributed by atoms with Crippen LogP contribution in [0.25, 0.3) is 24.3 Å². The third-order valence-electron chi connectivity index (χ3n) is 4.57. The van der Waals surface area contributed by atoms with Gasteiger partial charge in [-0.15, -0.1) is 0 Å². The first-order chi connectivity index (χ1) is 16.3. The molecule has 0 aliphatic heterocycles. The van der Waals surface area contributed by atoms with Gasteiger partial charge in [-0.1, -0.05) is 48.6 Å². The maximum absolute atomic E-state index is 9.30. The lowest BCUT2D eigenvalue weighted by molar-refractivity contribution is 0.449. The fraction of sp³-hybridized carbons (Fsp3) is 0. The maximum atomic E-state index is 9.30. The lowest BCUT2D eigenvalue weighted by Crippen LogP contribution is -1.74. The van der Waals surface area contributed by atoms with Crippen LogP contribution in [0.4, 0.5) is 0 Å². The Labute approximate surface area is 196 Å². The number of rotatable bonds is 4. The van der Waals surface area contributed by atoms with Crippen LogP contribution in [0.3, 0.4) is 0 Å². The molecular weight excluding hydrogens is 432 g/mol. The SMILES string of the molecule is Oc1ccc(/C=C/c2cc(O)cc(O)c2)cc1.Oc1ccc(/C=C/c2cc(O)cc(O)c2)cc1. The van der Waals surface area contributed by atoms with E-state index in [1.165, 1.54) is 12.1 Å². The quantitative estimate of drug-likeness (QED) is 0.211. The molecule has 0 aromatic heterocycles. The van der Waals surface area contributed by atoms with Crippen LogP contribution in [-0.2, 0) is 0 Å². The van der Waals surface area contributed by atoms with Gasteiger partial charge >= 0.3 is 0 Å². The van der Waals surface area contributed by atoms with Crippen molar-refractivity contribution in [2.24, 2.45) is 0 Å². The summed E-state index contributed by atoms with van der Waals surface area (Å²) in [7, 11) is 0. The van der Waals surface area contributed by atoms with E-state index in [0.29, 0.717) is 11.1 Å². The summed E-state index contributed by atoms with van der Waals surface area (Å²) in [5.41, 5.74) is 3.25. The van der Waals surface area contributed by atoms with Crippen molar-refractivity contribution >= 4 is 24.3 Å². The molecule has 0 saturated heterocycles. The second-order valence-corrected chi connectivity index (χ2v) is 7.42. The summed E-state index contributed by atoms with van der Waals surface area (Å²) < 4.78 is 0. The Morgan fingerprint density at radius 2 is 0.559 bits per heavy atom. The molecule has 6 N–H and O–H groups in total. The van der Waals surface area contributed by atoms with Crippen molar-refractivity contribution in [2.45, 2.75) is 0 Å². The van der Waals surface area contributed by atoms with E-state index in [1.807, 2.05) is 12.2 Å². The average Bonchev–Trinajstić information content (AvgIpc) is 2.78. The molecule has 34 heavy (non-hydrogen) atoms. The first-order valence-corrected chi connectivity index (χ1v) is 10.3. The van der Waals surface area contributed by atoms with Gasteiger partial charge in [0.1, 0.15) is 34.5 Å². The molecule has 0 amide bonds. The molecule has 0 unspecified atom stereocenters. The number of aromatic hydroxyl groups is 6. The highest BCUT2D eigenvalue weighted by molar-refractivity contribution is 5.72. The van der Waals surface area contributed by atoms with E-state index in [-0.39, 0.29) is 34.5 Å². The molecule has 0 spiro atoms. The van der Waals surface area contributed by atoms with Crippen molar-refractivity contribution in [3.63, 3.8) is 0 Å². The highest BCUT2D eigenvalue weighted by Gasteiger charge is 1.97. The van der Waals surface area contributed by atoms with E-state index in [1.54, 1.807) is 84.9 Å². The third-order valence-corrected chi connectivity index (χ3v) is 4.57. The summed E-state index contributed by atoms with van der Waals surface area (Å²) in [4.78, 5) is 0. The van der Waals surface area contributed by atoms with Crippen LogP contribution in [0.5, 0.6) is 34.5 Å². The molecule has 4 rings (SSSR count). The van der Waals surface area contributed by atoms with Crippen LogP contribution in [0, 0.1) is 0 Å². The van der Waals surface area contributed by atoms with E-state index >= 15 is 0 Å². The Hall–Kier alpha value is -4.84. The van der Waals surface area contributed by atoms with Crippen LogP contribution >= 0.6 is 0 Å². The minimum absolute atomic E-state index is 0.0235. The van der Waals surface area contributed by atoms with Gasteiger partial charge in [0.2, 0.25) is 0 Å². The van der Waals surface area contributed by atoms with E-state index < -0.39 is 0 Å². The van der Waals surface area contributed by atoms with E-state index in [2.05, 4.69) is 0 Å². The first-order valence-electron chi connectivity index (χ1n) is 10.3. The fourth-order valence-electron chi connectivity index (χ4n) is 2.98. The van der Waals surface area contributed by atoms with Gasteiger partial charge in [0.15, 0.2) is 0 Å². The molecule has 172 valence electrons. The largest absolute Gasteiger partial charge is 0.508 e. The van der Waals surface area contributed by atoms with Gasteiger partial charge in [-0.3, -0.25) is 0 Å². The molecule has 4 aromatic rings.